The molecule has 3 aromatic rings. The van der Waals surface area contributed by atoms with E-state index in [0.29, 0.717) is 22.4 Å². The van der Waals surface area contributed by atoms with E-state index in [9.17, 15) is 14.0 Å². The van der Waals surface area contributed by atoms with Gasteiger partial charge in [-0.25, -0.2) is 14.0 Å². The highest BCUT2D eigenvalue weighted by molar-refractivity contribution is 7.98. The molecule has 0 aromatic heterocycles. The van der Waals surface area contributed by atoms with Gasteiger partial charge in [0.05, 0.1) is 0 Å². The molecule has 0 unspecified atom stereocenters. The number of benzene rings is 3. The lowest BCUT2D eigenvalue weighted by Gasteiger charge is -2.12. The number of carbonyl (C=O) groups is 2. The molecular weight excluding hydrogens is 439 g/mol. The van der Waals surface area contributed by atoms with Crippen LogP contribution in [0.2, 0.25) is 0 Å². The summed E-state index contributed by atoms with van der Waals surface area (Å²) in [6.07, 6.45) is 1.94. The molecule has 0 spiro atoms. The predicted molar refractivity (Wildman–Crippen MR) is 130 cm³/mol. The molecule has 3 aromatic carbocycles. The van der Waals surface area contributed by atoms with Crippen molar-refractivity contribution in [1.29, 1.82) is 0 Å². The maximum Gasteiger partial charge on any atom is 0.338 e. The quantitative estimate of drug-likeness (QED) is 0.166. The van der Waals surface area contributed by atoms with Crippen LogP contribution in [-0.4, -0.2) is 18.2 Å². The average Bonchev–Trinajstić information content (AvgIpc) is 2.79. The topological polar surface area (TPSA) is 52.6 Å². The maximum atomic E-state index is 14.7. The molecule has 4 nitrogen and oxygen atoms in total. The molecule has 33 heavy (non-hydrogen) atoms. The van der Waals surface area contributed by atoms with Gasteiger partial charge < -0.3 is 9.47 Å². The molecule has 0 fully saturated rings. The number of carbonyl (C=O) groups excluding carboxylic acids is 2. The first kappa shape index (κ1) is 24.0. The van der Waals surface area contributed by atoms with Gasteiger partial charge in [0.2, 0.25) is 0 Å². The van der Waals surface area contributed by atoms with Crippen LogP contribution in [0.25, 0.3) is 22.3 Å². The second-order valence-electron chi connectivity index (χ2n) is 7.42. The molecule has 0 heterocycles. The zero-order valence-electron chi connectivity index (χ0n) is 18.6. The lowest BCUT2D eigenvalue weighted by molar-refractivity contribution is -0.130. The van der Waals surface area contributed by atoms with E-state index in [1.54, 1.807) is 31.2 Å². The lowest BCUT2D eigenvalue weighted by atomic mass is 10.00. The summed E-state index contributed by atoms with van der Waals surface area (Å²) < 4.78 is 25.1. The summed E-state index contributed by atoms with van der Waals surface area (Å²) in [6, 6.07) is 17.2. The second-order valence-corrected chi connectivity index (χ2v) is 8.27. The number of hydrogen-bond donors (Lipinski definition) is 0. The minimum atomic E-state index is -0.600. The molecule has 3 rings (SSSR count). The van der Waals surface area contributed by atoms with Gasteiger partial charge in [0, 0.05) is 27.7 Å². The van der Waals surface area contributed by atoms with E-state index in [4.69, 9.17) is 9.47 Å². The molecule has 0 aliphatic heterocycles. The molecule has 0 bridgehead atoms. The van der Waals surface area contributed by atoms with Crippen LogP contribution in [-0.2, 0) is 9.59 Å². The smallest absolute Gasteiger partial charge is 0.338 e. The highest BCUT2D eigenvalue weighted by Crippen LogP contribution is 2.35. The number of halogens is 1. The van der Waals surface area contributed by atoms with E-state index < -0.39 is 17.8 Å². The third kappa shape index (κ3) is 5.79. The summed E-state index contributed by atoms with van der Waals surface area (Å²) in [5.74, 6) is -0.999. The lowest BCUT2D eigenvalue weighted by Crippen LogP contribution is -2.08. The third-order valence-corrected chi connectivity index (χ3v) is 5.52. The van der Waals surface area contributed by atoms with Gasteiger partial charge in [-0.1, -0.05) is 37.4 Å². The Morgan fingerprint density at radius 2 is 1.21 bits per heavy atom. The fourth-order valence-corrected chi connectivity index (χ4v) is 3.62. The van der Waals surface area contributed by atoms with Crippen molar-refractivity contribution in [2.75, 3.05) is 6.26 Å². The van der Waals surface area contributed by atoms with Crippen LogP contribution in [0.3, 0.4) is 0 Å². The average molecular weight is 463 g/mol. The zero-order chi connectivity index (χ0) is 24.1. The normalized spacial score (nSPS) is 10.4. The van der Waals surface area contributed by atoms with Crippen LogP contribution >= 0.6 is 11.8 Å². The Labute approximate surface area is 196 Å². The summed E-state index contributed by atoms with van der Waals surface area (Å²) in [4.78, 5) is 24.3. The molecule has 0 atom stereocenters. The van der Waals surface area contributed by atoms with Crippen molar-refractivity contribution in [2.24, 2.45) is 0 Å². The first-order valence-corrected chi connectivity index (χ1v) is 11.3. The number of ether oxygens (including phenoxy) is 2. The van der Waals surface area contributed by atoms with Crippen molar-refractivity contribution in [2.45, 2.75) is 18.7 Å². The van der Waals surface area contributed by atoms with Crippen molar-refractivity contribution in [1.82, 2.24) is 0 Å². The van der Waals surface area contributed by atoms with E-state index in [0.717, 1.165) is 16.0 Å². The Morgan fingerprint density at radius 3 is 1.67 bits per heavy atom. The second kappa shape index (κ2) is 10.3. The highest BCUT2D eigenvalue weighted by atomic mass is 32.2. The predicted octanol–water partition coefficient (Wildman–Crippen LogP) is 6.84. The van der Waals surface area contributed by atoms with E-state index >= 15 is 0 Å². The number of esters is 2. The van der Waals surface area contributed by atoms with Gasteiger partial charge >= 0.3 is 11.9 Å². The van der Waals surface area contributed by atoms with E-state index in [-0.39, 0.29) is 11.3 Å². The largest absolute Gasteiger partial charge is 0.423 e. The molecule has 0 aliphatic carbocycles. The fourth-order valence-electron chi connectivity index (χ4n) is 2.98. The van der Waals surface area contributed by atoms with Crippen molar-refractivity contribution in [3.63, 3.8) is 0 Å². The Bertz CT molecular complexity index is 1250. The Balaban J connectivity index is 1.84. The molecule has 0 saturated heterocycles. The number of thioether (sulfide) groups is 1. The Hall–Kier alpha value is -3.64. The fraction of sp³-hybridized carbons (Fsp3) is 0.111. The SMILES string of the molecule is C=C(C)C(=O)Oc1ccc(-c2ccc(-c3ccc(OC(=O)C(=C)C)cc3SC)cc2)c(F)c1. The maximum absolute atomic E-state index is 14.7. The first-order valence-electron chi connectivity index (χ1n) is 10.0. The highest BCUT2D eigenvalue weighted by Gasteiger charge is 2.13. The summed E-state index contributed by atoms with van der Waals surface area (Å²) in [5.41, 5.74) is 3.55. The van der Waals surface area contributed by atoms with Crippen molar-refractivity contribution < 1.29 is 23.5 Å². The molecule has 0 N–H and O–H groups in total. The van der Waals surface area contributed by atoms with Gasteiger partial charge in [0.15, 0.2) is 0 Å². The molecule has 0 amide bonds. The molecule has 0 radical (unpaired) electrons. The minimum absolute atomic E-state index is 0.123. The zero-order valence-corrected chi connectivity index (χ0v) is 19.4. The van der Waals surface area contributed by atoms with Crippen LogP contribution in [0, 0.1) is 5.82 Å². The monoisotopic (exact) mass is 462 g/mol. The van der Waals surface area contributed by atoms with Crippen LogP contribution in [0.5, 0.6) is 11.5 Å². The first-order chi connectivity index (χ1) is 15.7. The van der Waals surface area contributed by atoms with E-state index in [1.807, 2.05) is 36.6 Å². The van der Waals surface area contributed by atoms with Gasteiger partial charge in [-0.2, -0.15) is 0 Å². The number of hydrogen-bond acceptors (Lipinski definition) is 5. The van der Waals surface area contributed by atoms with Gasteiger partial charge in [-0.3, -0.25) is 0 Å². The third-order valence-electron chi connectivity index (χ3n) is 4.74. The molecule has 0 saturated carbocycles. The minimum Gasteiger partial charge on any atom is -0.423 e. The number of rotatable bonds is 7. The van der Waals surface area contributed by atoms with Crippen molar-refractivity contribution in [3.05, 3.63) is 90.8 Å². The summed E-state index contributed by atoms with van der Waals surface area (Å²) >= 11 is 1.53. The summed E-state index contributed by atoms with van der Waals surface area (Å²) in [7, 11) is 0. The van der Waals surface area contributed by atoms with Gasteiger partial charge in [-0.05, 0) is 67.1 Å². The summed E-state index contributed by atoms with van der Waals surface area (Å²) in [5, 5.41) is 0. The van der Waals surface area contributed by atoms with Gasteiger partial charge in [-0.15, -0.1) is 11.8 Å². The van der Waals surface area contributed by atoms with Crippen LogP contribution < -0.4 is 9.47 Å². The molecule has 0 aliphatic rings. The van der Waals surface area contributed by atoms with Crippen LogP contribution in [0.1, 0.15) is 13.8 Å². The van der Waals surface area contributed by atoms with Gasteiger partial charge in [0.25, 0.3) is 0 Å². The molecular formula is C27H23FO4S. The van der Waals surface area contributed by atoms with Gasteiger partial charge in [0.1, 0.15) is 17.3 Å². The van der Waals surface area contributed by atoms with Crippen molar-refractivity contribution in [3.8, 4) is 33.8 Å². The Kier molecular flexibility index (Phi) is 7.51. The van der Waals surface area contributed by atoms with Crippen LogP contribution in [0.4, 0.5) is 4.39 Å². The van der Waals surface area contributed by atoms with E-state index in [2.05, 4.69) is 13.2 Å². The molecule has 6 heteroatoms. The molecule has 168 valence electrons. The van der Waals surface area contributed by atoms with E-state index in [1.165, 1.54) is 24.8 Å². The van der Waals surface area contributed by atoms with Crippen LogP contribution in [0.15, 0.2) is 89.9 Å². The van der Waals surface area contributed by atoms with Crippen molar-refractivity contribution >= 4 is 23.7 Å². The summed E-state index contributed by atoms with van der Waals surface area (Å²) in [6.45, 7) is 10.2. The standard InChI is InChI=1S/C27H23FO4S/c1-16(2)26(29)31-20-10-12-22(24(28)14-20)18-6-8-19(9-7-18)23-13-11-21(15-25(23)33-5)32-27(30)17(3)4/h6-15H,1,3H2,2,4-5H3. The Morgan fingerprint density at radius 1 is 0.758 bits per heavy atom.